The largest absolute Gasteiger partial charge is 0.374 e. The van der Waals surface area contributed by atoms with Gasteiger partial charge in [0.1, 0.15) is 0 Å². The molecule has 2 atom stereocenters. The van der Waals surface area contributed by atoms with Crippen molar-refractivity contribution >= 4 is 11.6 Å². The van der Waals surface area contributed by atoms with Gasteiger partial charge in [0.25, 0.3) is 0 Å². The molecule has 0 spiro atoms. The van der Waals surface area contributed by atoms with E-state index in [0.29, 0.717) is 6.04 Å². The van der Waals surface area contributed by atoms with E-state index in [0.717, 1.165) is 24.7 Å². The maximum Gasteiger partial charge on any atom is 0.0896 e. The molecule has 19 heavy (non-hydrogen) atoms. The fraction of sp³-hybridized carbons (Fsp3) is 0.600. The first-order chi connectivity index (χ1) is 9.11. The van der Waals surface area contributed by atoms with Crippen LogP contribution in [0.2, 0.25) is 5.02 Å². The third-order valence-corrected chi connectivity index (χ3v) is 3.98. The van der Waals surface area contributed by atoms with E-state index in [9.17, 15) is 0 Å². The summed E-state index contributed by atoms with van der Waals surface area (Å²) in [6.45, 7) is 7.23. The van der Waals surface area contributed by atoms with Crippen molar-refractivity contribution in [2.45, 2.75) is 32.0 Å². The van der Waals surface area contributed by atoms with E-state index in [4.69, 9.17) is 16.3 Å². The number of hydrogen-bond acceptors (Lipinski definition) is 3. The minimum absolute atomic E-state index is 0.166. The van der Waals surface area contributed by atoms with Gasteiger partial charge in [-0.15, -0.1) is 0 Å². The molecule has 1 heterocycles. The highest BCUT2D eigenvalue weighted by Gasteiger charge is 2.29. The average Bonchev–Trinajstić information content (AvgIpc) is 2.40. The van der Waals surface area contributed by atoms with Crippen molar-refractivity contribution < 1.29 is 4.74 Å². The molecule has 0 aromatic heterocycles. The molecule has 1 aliphatic heterocycles. The van der Waals surface area contributed by atoms with Gasteiger partial charge in [0, 0.05) is 24.2 Å². The van der Waals surface area contributed by atoms with Crippen LogP contribution < -0.4 is 5.32 Å². The molecular formula is C15H23ClN2O. The summed E-state index contributed by atoms with van der Waals surface area (Å²) in [4.78, 5) is 2.46. The predicted octanol–water partition coefficient (Wildman–Crippen LogP) is 2.71. The Kier molecular flexibility index (Phi) is 5.22. The number of halogens is 1. The zero-order valence-electron chi connectivity index (χ0n) is 11.9. The second-order valence-electron chi connectivity index (χ2n) is 5.32. The normalized spacial score (nSPS) is 22.7. The summed E-state index contributed by atoms with van der Waals surface area (Å²) in [6, 6.07) is 8.75. The molecular weight excluding hydrogens is 260 g/mol. The highest BCUT2D eigenvalue weighted by molar-refractivity contribution is 6.30. The van der Waals surface area contributed by atoms with Gasteiger partial charge in [-0.25, -0.2) is 0 Å². The van der Waals surface area contributed by atoms with Crippen LogP contribution in [-0.4, -0.2) is 43.8 Å². The molecule has 4 heteroatoms. The molecule has 0 radical (unpaired) electrons. The lowest BCUT2D eigenvalue weighted by Crippen LogP contribution is -2.49. The van der Waals surface area contributed by atoms with Crippen molar-refractivity contribution in [1.29, 1.82) is 0 Å². The summed E-state index contributed by atoms with van der Waals surface area (Å²) < 4.78 is 5.96. The number of hydrogen-bond donors (Lipinski definition) is 1. The van der Waals surface area contributed by atoms with Crippen molar-refractivity contribution in [3.05, 3.63) is 34.9 Å². The van der Waals surface area contributed by atoms with Gasteiger partial charge in [0.05, 0.1) is 18.8 Å². The molecule has 1 aromatic rings. The molecule has 0 amide bonds. The lowest BCUT2D eigenvalue weighted by Gasteiger charge is -2.39. The second-order valence-corrected chi connectivity index (χ2v) is 5.76. The number of nitrogens with zero attached hydrogens (tertiary/aromatic N) is 1. The van der Waals surface area contributed by atoms with Crippen molar-refractivity contribution in [1.82, 2.24) is 10.2 Å². The molecule has 0 saturated carbocycles. The summed E-state index contributed by atoms with van der Waals surface area (Å²) in [6.07, 6.45) is 0.166. The topological polar surface area (TPSA) is 24.5 Å². The Morgan fingerprint density at radius 2 is 2.21 bits per heavy atom. The predicted molar refractivity (Wildman–Crippen MR) is 79.7 cm³/mol. The SMILES string of the molecule is CNC(c1cccc(Cl)c1)C1CN(C(C)C)CCO1. The third kappa shape index (κ3) is 3.69. The molecule has 2 unspecified atom stereocenters. The Morgan fingerprint density at radius 3 is 2.84 bits per heavy atom. The molecule has 3 nitrogen and oxygen atoms in total. The Hall–Kier alpha value is -0.610. The third-order valence-electron chi connectivity index (χ3n) is 3.75. The van der Waals surface area contributed by atoms with Crippen molar-refractivity contribution in [2.75, 3.05) is 26.7 Å². The zero-order chi connectivity index (χ0) is 13.8. The summed E-state index contributed by atoms with van der Waals surface area (Å²) in [5.74, 6) is 0. The highest BCUT2D eigenvalue weighted by Crippen LogP contribution is 2.25. The summed E-state index contributed by atoms with van der Waals surface area (Å²) >= 11 is 6.08. The monoisotopic (exact) mass is 282 g/mol. The minimum atomic E-state index is 0.166. The van der Waals surface area contributed by atoms with Gasteiger partial charge in [-0.05, 0) is 38.6 Å². The molecule has 0 aliphatic carbocycles. The molecule has 1 fully saturated rings. The maximum atomic E-state index is 6.08. The summed E-state index contributed by atoms with van der Waals surface area (Å²) in [7, 11) is 1.98. The lowest BCUT2D eigenvalue weighted by atomic mass is 9.99. The molecule has 1 aliphatic rings. The number of morpholine rings is 1. The average molecular weight is 283 g/mol. The number of nitrogens with one attached hydrogen (secondary N) is 1. The lowest BCUT2D eigenvalue weighted by molar-refractivity contribution is -0.0550. The summed E-state index contributed by atoms with van der Waals surface area (Å²) in [5, 5.41) is 4.14. The molecule has 1 aromatic carbocycles. The molecule has 2 rings (SSSR count). The minimum Gasteiger partial charge on any atom is -0.374 e. The van der Waals surface area contributed by atoms with Gasteiger partial charge in [-0.2, -0.15) is 0 Å². The van der Waals surface area contributed by atoms with Gasteiger partial charge < -0.3 is 10.1 Å². The number of benzene rings is 1. The smallest absolute Gasteiger partial charge is 0.0896 e. The van der Waals surface area contributed by atoms with Gasteiger partial charge in [0.2, 0.25) is 0 Å². The molecule has 106 valence electrons. The van der Waals surface area contributed by atoms with Crippen LogP contribution in [-0.2, 0) is 4.74 Å². The fourth-order valence-corrected chi connectivity index (χ4v) is 2.83. The van der Waals surface area contributed by atoms with E-state index in [1.807, 2.05) is 25.2 Å². The van der Waals surface area contributed by atoms with Crippen LogP contribution in [0.1, 0.15) is 25.5 Å². The van der Waals surface area contributed by atoms with E-state index in [1.54, 1.807) is 0 Å². The van der Waals surface area contributed by atoms with Gasteiger partial charge in [-0.3, -0.25) is 4.90 Å². The second kappa shape index (κ2) is 6.71. The zero-order valence-corrected chi connectivity index (χ0v) is 12.7. The number of ether oxygens (including phenoxy) is 1. The van der Waals surface area contributed by atoms with E-state index in [-0.39, 0.29) is 12.1 Å². The first kappa shape index (κ1) is 14.8. The van der Waals surface area contributed by atoms with Crippen molar-refractivity contribution in [3.63, 3.8) is 0 Å². The Labute approximate surface area is 120 Å². The van der Waals surface area contributed by atoms with E-state index in [1.165, 1.54) is 5.56 Å². The van der Waals surface area contributed by atoms with Crippen LogP contribution in [0.15, 0.2) is 24.3 Å². The maximum absolute atomic E-state index is 6.08. The van der Waals surface area contributed by atoms with Crippen molar-refractivity contribution in [2.24, 2.45) is 0 Å². The van der Waals surface area contributed by atoms with Crippen LogP contribution in [0.4, 0.5) is 0 Å². The van der Waals surface area contributed by atoms with Crippen LogP contribution in [0, 0.1) is 0 Å². The molecule has 1 N–H and O–H groups in total. The number of rotatable bonds is 4. The van der Waals surface area contributed by atoms with Gasteiger partial charge in [-0.1, -0.05) is 23.7 Å². The first-order valence-electron chi connectivity index (χ1n) is 6.90. The highest BCUT2D eigenvalue weighted by atomic mass is 35.5. The Morgan fingerprint density at radius 1 is 1.42 bits per heavy atom. The Bertz CT molecular complexity index is 411. The van der Waals surface area contributed by atoms with Crippen LogP contribution >= 0.6 is 11.6 Å². The van der Waals surface area contributed by atoms with Crippen LogP contribution in [0.3, 0.4) is 0 Å². The van der Waals surface area contributed by atoms with E-state index < -0.39 is 0 Å². The summed E-state index contributed by atoms with van der Waals surface area (Å²) in [5.41, 5.74) is 1.19. The van der Waals surface area contributed by atoms with E-state index in [2.05, 4.69) is 30.1 Å². The van der Waals surface area contributed by atoms with Gasteiger partial charge in [0.15, 0.2) is 0 Å². The van der Waals surface area contributed by atoms with Crippen LogP contribution in [0.25, 0.3) is 0 Å². The standard InChI is InChI=1S/C15H23ClN2O/c1-11(2)18-7-8-19-14(10-18)15(17-3)12-5-4-6-13(16)9-12/h4-6,9,11,14-15,17H,7-8,10H2,1-3H3. The molecule has 0 bridgehead atoms. The fourth-order valence-electron chi connectivity index (χ4n) is 2.63. The molecule has 1 saturated heterocycles. The van der Waals surface area contributed by atoms with E-state index >= 15 is 0 Å². The quantitative estimate of drug-likeness (QED) is 0.919. The Balaban J connectivity index is 2.13. The van der Waals surface area contributed by atoms with Gasteiger partial charge >= 0.3 is 0 Å². The van der Waals surface area contributed by atoms with Crippen LogP contribution in [0.5, 0.6) is 0 Å². The van der Waals surface area contributed by atoms with Crippen molar-refractivity contribution in [3.8, 4) is 0 Å². The first-order valence-corrected chi connectivity index (χ1v) is 7.28. The number of likely N-dealkylation sites (N-methyl/N-ethyl adjacent to an activating group) is 1.